The van der Waals surface area contributed by atoms with Crippen molar-refractivity contribution in [1.82, 2.24) is 14.5 Å². The highest BCUT2D eigenvalue weighted by Gasteiger charge is 2.17. The molecule has 0 unspecified atom stereocenters. The third-order valence-electron chi connectivity index (χ3n) is 5.40. The van der Waals surface area contributed by atoms with Crippen LogP contribution in [0.15, 0.2) is 67.3 Å². The maximum absolute atomic E-state index is 12.7. The summed E-state index contributed by atoms with van der Waals surface area (Å²) in [5.74, 6) is -0.101. The van der Waals surface area contributed by atoms with E-state index in [0.29, 0.717) is 23.4 Å². The van der Waals surface area contributed by atoms with E-state index >= 15 is 0 Å². The van der Waals surface area contributed by atoms with Crippen molar-refractivity contribution in [2.75, 3.05) is 18.4 Å². The van der Waals surface area contributed by atoms with Crippen molar-refractivity contribution in [3.63, 3.8) is 0 Å². The molecule has 0 spiro atoms. The monoisotopic (exact) mass is 402 g/mol. The summed E-state index contributed by atoms with van der Waals surface area (Å²) >= 11 is 0. The van der Waals surface area contributed by atoms with Crippen LogP contribution >= 0.6 is 0 Å². The maximum atomic E-state index is 12.7. The number of amides is 2. The number of hydrogen-bond donors (Lipinski definition) is 1. The van der Waals surface area contributed by atoms with Crippen LogP contribution in [-0.4, -0.2) is 39.4 Å². The summed E-state index contributed by atoms with van der Waals surface area (Å²) in [7, 11) is 0. The number of imidazole rings is 1. The minimum atomic E-state index is -0.172. The Labute approximate surface area is 176 Å². The van der Waals surface area contributed by atoms with Gasteiger partial charge >= 0.3 is 0 Å². The van der Waals surface area contributed by atoms with Crippen molar-refractivity contribution >= 4 is 17.5 Å². The summed E-state index contributed by atoms with van der Waals surface area (Å²) < 4.78 is 1.96. The number of benzene rings is 2. The van der Waals surface area contributed by atoms with Crippen LogP contribution in [0.3, 0.4) is 0 Å². The van der Waals surface area contributed by atoms with E-state index in [1.54, 1.807) is 42.9 Å². The van der Waals surface area contributed by atoms with E-state index in [1.165, 1.54) is 12.8 Å². The number of likely N-dealkylation sites (tertiary alicyclic amines) is 1. The van der Waals surface area contributed by atoms with E-state index in [9.17, 15) is 9.59 Å². The maximum Gasteiger partial charge on any atom is 0.255 e. The van der Waals surface area contributed by atoms with E-state index < -0.39 is 0 Å². The normalized spacial score (nSPS) is 14.2. The van der Waals surface area contributed by atoms with Crippen molar-refractivity contribution in [2.24, 2.45) is 0 Å². The lowest BCUT2D eigenvalue weighted by molar-refractivity contribution is 0.0761. The quantitative estimate of drug-likeness (QED) is 0.695. The van der Waals surface area contributed by atoms with Gasteiger partial charge in [0.15, 0.2) is 0 Å². The van der Waals surface area contributed by atoms with Crippen LogP contribution in [0.2, 0.25) is 0 Å². The van der Waals surface area contributed by atoms with Crippen molar-refractivity contribution in [2.45, 2.75) is 32.2 Å². The third-order valence-corrected chi connectivity index (χ3v) is 5.40. The minimum absolute atomic E-state index is 0.0713. The van der Waals surface area contributed by atoms with Crippen LogP contribution in [0.1, 0.15) is 52.0 Å². The molecule has 1 N–H and O–H groups in total. The molecule has 0 bridgehead atoms. The fourth-order valence-electron chi connectivity index (χ4n) is 3.76. The Morgan fingerprint density at radius 2 is 1.70 bits per heavy atom. The zero-order valence-electron chi connectivity index (χ0n) is 17.0. The molecule has 30 heavy (non-hydrogen) atoms. The van der Waals surface area contributed by atoms with Gasteiger partial charge < -0.3 is 14.8 Å². The van der Waals surface area contributed by atoms with Gasteiger partial charge in [-0.15, -0.1) is 0 Å². The molecule has 154 valence electrons. The molecule has 3 aromatic rings. The van der Waals surface area contributed by atoms with Gasteiger partial charge in [0.1, 0.15) is 0 Å². The number of nitrogens with one attached hydrogen (secondary N) is 1. The molecule has 1 aromatic heterocycles. The SMILES string of the molecule is O=C(Nc1ccc(C(=O)N2CCCCCC2)cc1)c1cccc(Cn2ccnc2)c1. The highest BCUT2D eigenvalue weighted by atomic mass is 16.2. The predicted molar refractivity (Wildman–Crippen MR) is 117 cm³/mol. The number of aromatic nitrogens is 2. The Bertz CT molecular complexity index is 988. The van der Waals surface area contributed by atoms with E-state index in [-0.39, 0.29) is 11.8 Å². The number of anilines is 1. The van der Waals surface area contributed by atoms with Gasteiger partial charge in [-0.1, -0.05) is 25.0 Å². The fourth-order valence-corrected chi connectivity index (χ4v) is 3.76. The van der Waals surface area contributed by atoms with Crippen LogP contribution < -0.4 is 5.32 Å². The molecule has 1 aliphatic rings. The molecular weight excluding hydrogens is 376 g/mol. The van der Waals surface area contributed by atoms with Crippen LogP contribution in [0.4, 0.5) is 5.69 Å². The largest absolute Gasteiger partial charge is 0.339 e. The minimum Gasteiger partial charge on any atom is -0.339 e. The zero-order valence-corrected chi connectivity index (χ0v) is 17.0. The molecule has 0 aliphatic carbocycles. The molecular formula is C24H26N4O2. The van der Waals surface area contributed by atoms with E-state index in [1.807, 2.05) is 33.9 Å². The van der Waals surface area contributed by atoms with Crippen molar-refractivity contribution in [3.05, 3.63) is 83.9 Å². The smallest absolute Gasteiger partial charge is 0.255 e. The van der Waals surface area contributed by atoms with Gasteiger partial charge in [-0.05, 0) is 54.8 Å². The topological polar surface area (TPSA) is 67.2 Å². The van der Waals surface area contributed by atoms with Crippen molar-refractivity contribution < 1.29 is 9.59 Å². The van der Waals surface area contributed by atoms with Crippen LogP contribution in [0.5, 0.6) is 0 Å². The molecule has 2 amide bonds. The van der Waals surface area contributed by atoms with Gasteiger partial charge in [0.25, 0.3) is 11.8 Å². The Kier molecular flexibility index (Phi) is 6.23. The second-order valence-corrected chi connectivity index (χ2v) is 7.67. The lowest BCUT2D eigenvalue weighted by Gasteiger charge is -2.20. The Hall–Kier alpha value is -3.41. The van der Waals surface area contributed by atoms with Gasteiger partial charge in [0.05, 0.1) is 6.33 Å². The first-order valence-electron chi connectivity index (χ1n) is 10.4. The molecule has 6 heteroatoms. The summed E-state index contributed by atoms with van der Waals surface area (Å²) in [6.07, 6.45) is 9.90. The second kappa shape index (κ2) is 9.39. The van der Waals surface area contributed by atoms with Gasteiger partial charge in [-0.25, -0.2) is 4.98 Å². The lowest BCUT2D eigenvalue weighted by Crippen LogP contribution is -2.31. The molecule has 0 radical (unpaired) electrons. The molecule has 0 saturated carbocycles. The molecule has 1 fully saturated rings. The zero-order chi connectivity index (χ0) is 20.8. The molecule has 6 nitrogen and oxygen atoms in total. The Morgan fingerprint density at radius 1 is 0.933 bits per heavy atom. The molecule has 2 aromatic carbocycles. The summed E-state index contributed by atoms with van der Waals surface area (Å²) in [5.41, 5.74) is 2.96. The summed E-state index contributed by atoms with van der Waals surface area (Å²) in [6, 6.07) is 14.7. The molecule has 2 heterocycles. The highest BCUT2D eigenvalue weighted by molar-refractivity contribution is 6.04. The van der Waals surface area contributed by atoms with Gasteiger partial charge in [-0.2, -0.15) is 0 Å². The van der Waals surface area contributed by atoms with E-state index in [0.717, 1.165) is 31.5 Å². The molecule has 1 aliphatic heterocycles. The van der Waals surface area contributed by atoms with Crippen molar-refractivity contribution in [1.29, 1.82) is 0 Å². The van der Waals surface area contributed by atoms with Crippen LogP contribution in [-0.2, 0) is 6.54 Å². The highest BCUT2D eigenvalue weighted by Crippen LogP contribution is 2.17. The fraction of sp³-hybridized carbons (Fsp3) is 0.292. The first kappa shape index (κ1) is 19.9. The average molecular weight is 402 g/mol. The summed E-state index contributed by atoms with van der Waals surface area (Å²) in [6.45, 7) is 2.31. The van der Waals surface area contributed by atoms with Gasteiger partial charge in [0, 0.05) is 48.8 Å². The van der Waals surface area contributed by atoms with Crippen LogP contribution in [0.25, 0.3) is 0 Å². The summed E-state index contributed by atoms with van der Waals surface area (Å²) in [5, 5.41) is 2.92. The van der Waals surface area contributed by atoms with E-state index in [2.05, 4.69) is 10.3 Å². The van der Waals surface area contributed by atoms with Gasteiger partial charge in [-0.3, -0.25) is 9.59 Å². The van der Waals surface area contributed by atoms with Crippen molar-refractivity contribution in [3.8, 4) is 0 Å². The summed E-state index contributed by atoms with van der Waals surface area (Å²) in [4.78, 5) is 31.4. The Morgan fingerprint density at radius 3 is 2.40 bits per heavy atom. The number of nitrogens with zero attached hydrogens (tertiary/aromatic N) is 3. The number of carbonyl (C=O) groups excluding carboxylic acids is 2. The molecule has 0 atom stereocenters. The number of carbonyl (C=O) groups is 2. The first-order valence-corrected chi connectivity index (χ1v) is 10.4. The van der Waals surface area contributed by atoms with Crippen LogP contribution in [0, 0.1) is 0 Å². The Balaban J connectivity index is 1.39. The lowest BCUT2D eigenvalue weighted by atomic mass is 10.1. The average Bonchev–Trinajstić information content (AvgIpc) is 3.13. The number of hydrogen-bond acceptors (Lipinski definition) is 3. The third kappa shape index (κ3) is 4.95. The predicted octanol–water partition coefficient (Wildman–Crippen LogP) is 4.20. The standard InChI is InChI=1S/C24H26N4O2/c29-23(21-7-5-6-19(16-21)17-27-15-12-25-18-27)26-22-10-8-20(9-11-22)24(30)28-13-3-1-2-4-14-28/h5-12,15-16,18H,1-4,13-14,17H2,(H,26,29). The molecule has 4 rings (SSSR count). The number of rotatable bonds is 5. The van der Waals surface area contributed by atoms with Gasteiger partial charge in [0.2, 0.25) is 0 Å². The molecule has 1 saturated heterocycles. The second-order valence-electron chi connectivity index (χ2n) is 7.67. The van der Waals surface area contributed by atoms with E-state index in [4.69, 9.17) is 0 Å². The first-order chi connectivity index (χ1) is 14.7.